The van der Waals surface area contributed by atoms with Crippen molar-refractivity contribution in [3.8, 4) is 5.75 Å². The Kier molecular flexibility index (Phi) is 5.38. The molecule has 124 valence electrons. The van der Waals surface area contributed by atoms with Crippen LogP contribution in [0.15, 0.2) is 48.7 Å². The van der Waals surface area contributed by atoms with Gasteiger partial charge in [0.25, 0.3) is 0 Å². The summed E-state index contributed by atoms with van der Waals surface area (Å²) < 4.78 is 6.52. The van der Waals surface area contributed by atoms with E-state index in [1.54, 1.807) is 6.20 Å². The summed E-state index contributed by atoms with van der Waals surface area (Å²) in [5.74, 6) is 0.929. The second-order valence-electron chi connectivity index (χ2n) is 5.69. The first-order valence-corrected chi connectivity index (χ1v) is 8.93. The normalized spacial score (nSPS) is 10.6. The van der Waals surface area contributed by atoms with Crippen molar-refractivity contribution in [1.29, 1.82) is 0 Å². The van der Waals surface area contributed by atoms with Crippen LogP contribution in [0.25, 0.3) is 0 Å². The number of ether oxygens (including phenoxy) is 1. The Balaban J connectivity index is 1.60. The van der Waals surface area contributed by atoms with Crippen molar-refractivity contribution in [2.75, 3.05) is 5.32 Å². The summed E-state index contributed by atoms with van der Waals surface area (Å²) in [4.78, 5) is 5.16. The van der Waals surface area contributed by atoms with Crippen molar-refractivity contribution < 1.29 is 4.74 Å². The molecular weight excluding hydrogens is 340 g/mol. The van der Waals surface area contributed by atoms with Gasteiger partial charge in [-0.15, -0.1) is 11.3 Å². The van der Waals surface area contributed by atoms with Gasteiger partial charge in [0.1, 0.15) is 12.4 Å². The van der Waals surface area contributed by atoms with E-state index in [0.29, 0.717) is 17.6 Å². The van der Waals surface area contributed by atoms with Gasteiger partial charge in [0.05, 0.1) is 6.54 Å². The van der Waals surface area contributed by atoms with Crippen molar-refractivity contribution >= 4 is 28.6 Å². The fourth-order valence-electron chi connectivity index (χ4n) is 2.45. The topological polar surface area (TPSA) is 34.1 Å². The molecule has 1 heterocycles. The molecule has 3 nitrogen and oxygen atoms in total. The molecule has 2 aromatic carbocycles. The molecule has 0 unspecified atom stereocenters. The molecule has 1 aromatic heterocycles. The van der Waals surface area contributed by atoms with Crippen LogP contribution >= 0.6 is 22.9 Å². The highest BCUT2D eigenvalue weighted by Gasteiger charge is 2.03. The number of nitrogens with zero attached hydrogens (tertiary/aromatic N) is 1. The van der Waals surface area contributed by atoms with Crippen LogP contribution in [0.2, 0.25) is 4.47 Å². The lowest BCUT2D eigenvalue weighted by Crippen LogP contribution is -2.00. The number of aromatic nitrogens is 1. The van der Waals surface area contributed by atoms with Gasteiger partial charge >= 0.3 is 0 Å². The van der Waals surface area contributed by atoms with E-state index in [2.05, 4.69) is 48.4 Å². The van der Waals surface area contributed by atoms with Crippen molar-refractivity contribution in [2.24, 2.45) is 0 Å². The Morgan fingerprint density at radius 2 is 2.04 bits per heavy atom. The van der Waals surface area contributed by atoms with Crippen molar-refractivity contribution in [1.82, 2.24) is 4.98 Å². The number of halogens is 1. The fraction of sp³-hybridized carbons (Fsp3) is 0.211. The van der Waals surface area contributed by atoms with Gasteiger partial charge in [-0.2, -0.15) is 0 Å². The molecular formula is C19H19ClN2OS. The quantitative estimate of drug-likeness (QED) is 0.622. The van der Waals surface area contributed by atoms with Gasteiger partial charge in [0.15, 0.2) is 4.47 Å². The number of nitrogens with one attached hydrogen (secondary N) is 1. The Morgan fingerprint density at radius 3 is 2.79 bits per heavy atom. The molecule has 0 saturated carbocycles. The number of rotatable bonds is 6. The van der Waals surface area contributed by atoms with Crippen LogP contribution < -0.4 is 10.1 Å². The monoisotopic (exact) mass is 358 g/mol. The number of hydrogen-bond acceptors (Lipinski definition) is 4. The van der Waals surface area contributed by atoms with E-state index in [0.717, 1.165) is 27.4 Å². The van der Waals surface area contributed by atoms with Gasteiger partial charge in [-0.25, -0.2) is 4.98 Å². The highest BCUT2D eigenvalue weighted by Crippen LogP contribution is 2.22. The first-order valence-electron chi connectivity index (χ1n) is 7.73. The molecule has 5 heteroatoms. The van der Waals surface area contributed by atoms with Crippen molar-refractivity contribution in [3.05, 3.63) is 74.7 Å². The molecule has 3 aromatic rings. The standard InChI is InChI=1S/C19H19ClN2OS/c1-13-6-7-18(14(2)8-13)23-12-15-4-3-5-16(9-15)21-10-17-11-22-19(20)24-17/h3-9,11,21H,10,12H2,1-2H3. The SMILES string of the molecule is Cc1ccc(OCc2cccc(NCc3cnc(Cl)s3)c2)c(C)c1. The number of thiazole rings is 1. The molecule has 0 fully saturated rings. The highest BCUT2D eigenvalue weighted by molar-refractivity contribution is 7.15. The number of hydrogen-bond donors (Lipinski definition) is 1. The van der Waals surface area contributed by atoms with Gasteiger partial charge in [0, 0.05) is 16.8 Å². The average Bonchev–Trinajstić information content (AvgIpc) is 2.98. The molecule has 0 amide bonds. The minimum atomic E-state index is 0.547. The van der Waals surface area contributed by atoms with E-state index in [-0.39, 0.29) is 0 Å². The minimum absolute atomic E-state index is 0.547. The molecule has 1 N–H and O–H groups in total. The number of benzene rings is 2. The average molecular weight is 359 g/mol. The smallest absolute Gasteiger partial charge is 0.183 e. The van der Waals surface area contributed by atoms with Crippen LogP contribution in [0.3, 0.4) is 0 Å². The summed E-state index contributed by atoms with van der Waals surface area (Å²) in [6, 6.07) is 14.5. The molecule has 0 aliphatic heterocycles. The Bertz CT molecular complexity index is 832. The molecule has 0 saturated heterocycles. The van der Waals surface area contributed by atoms with E-state index in [4.69, 9.17) is 16.3 Å². The lowest BCUT2D eigenvalue weighted by atomic mass is 10.1. The molecule has 0 aliphatic carbocycles. The second-order valence-corrected chi connectivity index (χ2v) is 7.39. The van der Waals surface area contributed by atoms with E-state index in [1.807, 2.05) is 18.2 Å². The summed E-state index contributed by atoms with van der Waals surface area (Å²) in [6.07, 6.45) is 1.80. The summed E-state index contributed by atoms with van der Waals surface area (Å²) in [5, 5.41) is 3.39. The van der Waals surface area contributed by atoms with Gasteiger partial charge in [-0.1, -0.05) is 41.4 Å². The summed E-state index contributed by atoms with van der Waals surface area (Å²) in [6.45, 7) is 5.42. The molecule has 0 atom stereocenters. The van der Waals surface area contributed by atoms with Crippen LogP contribution in [0.4, 0.5) is 5.69 Å². The van der Waals surface area contributed by atoms with Crippen LogP contribution in [0.5, 0.6) is 5.75 Å². The molecule has 0 aliphatic rings. The lowest BCUT2D eigenvalue weighted by Gasteiger charge is -2.11. The van der Waals surface area contributed by atoms with Crippen LogP contribution in [0.1, 0.15) is 21.6 Å². The van der Waals surface area contributed by atoms with Crippen LogP contribution in [-0.4, -0.2) is 4.98 Å². The zero-order valence-electron chi connectivity index (χ0n) is 13.7. The fourth-order valence-corrected chi connectivity index (χ4v) is 3.37. The second kappa shape index (κ2) is 7.69. The molecule has 0 spiro atoms. The van der Waals surface area contributed by atoms with Crippen molar-refractivity contribution in [3.63, 3.8) is 0 Å². The molecule has 0 bridgehead atoms. The number of anilines is 1. The third kappa shape index (κ3) is 4.49. The zero-order chi connectivity index (χ0) is 16.9. The largest absolute Gasteiger partial charge is 0.489 e. The van der Waals surface area contributed by atoms with E-state index in [9.17, 15) is 0 Å². The molecule has 3 rings (SSSR count). The van der Waals surface area contributed by atoms with Crippen LogP contribution in [-0.2, 0) is 13.2 Å². The van der Waals surface area contributed by atoms with Gasteiger partial charge in [-0.05, 0) is 43.2 Å². The minimum Gasteiger partial charge on any atom is -0.489 e. The maximum atomic E-state index is 5.95. The third-order valence-corrected chi connectivity index (χ3v) is 4.76. The Hall–Kier alpha value is -2.04. The summed E-state index contributed by atoms with van der Waals surface area (Å²) >= 11 is 7.34. The van der Waals surface area contributed by atoms with E-state index >= 15 is 0 Å². The first kappa shape index (κ1) is 16.8. The lowest BCUT2D eigenvalue weighted by molar-refractivity contribution is 0.304. The van der Waals surface area contributed by atoms with Crippen molar-refractivity contribution in [2.45, 2.75) is 27.0 Å². The molecule has 0 radical (unpaired) electrons. The van der Waals surface area contributed by atoms with Gasteiger partial charge in [-0.3, -0.25) is 0 Å². The first-order chi connectivity index (χ1) is 11.6. The van der Waals surface area contributed by atoms with Gasteiger partial charge < -0.3 is 10.1 Å². The maximum absolute atomic E-state index is 5.95. The zero-order valence-corrected chi connectivity index (χ0v) is 15.2. The highest BCUT2D eigenvalue weighted by atomic mass is 35.5. The Morgan fingerprint density at radius 1 is 1.17 bits per heavy atom. The Labute approximate surface area is 151 Å². The van der Waals surface area contributed by atoms with E-state index in [1.165, 1.54) is 16.9 Å². The predicted molar refractivity (Wildman–Crippen MR) is 101 cm³/mol. The third-order valence-electron chi connectivity index (χ3n) is 3.64. The predicted octanol–water partition coefficient (Wildman–Crippen LogP) is 5.60. The molecule has 24 heavy (non-hydrogen) atoms. The van der Waals surface area contributed by atoms with Gasteiger partial charge in [0.2, 0.25) is 0 Å². The summed E-state index contributed by atoms with van der Waals surface area (Å²) in [7, 11) is 0. The van der Waals surface area contributed by atoms with Crippen LogP contribution in [0, 0.1) is 13.8 Å². The maximum Gasteiger partial charge on any atom is 0.183 e. The number of aryl methyl sites for hydroxylation is 2. The van der Waals surface area contributed by atoms with E-state index < -0.39 is 0 Å². The summed E-state index contributed by atoms with van der Waals surface area (Å²) in [5.41, 5.74) is 4.59.